The molecule has 3 heterocycles. The molecule has 24 aromatic carbocycles. The van der Waals surface area contributed by atoms with Crippen molar-refractivity contribution >= 4 is 108 Å². The lowest BCUT2D eigenvalue weighted by atomic mass is 9.91. The van der Waals surface area contributed by atoms with Gasteiger partial charge in [0.05, 0.1) is 11.0 Å². The predicted octanol–water partition coefficient (Wildman–Crippen LogP) is 34.8. The highest BCUT2D eigenvalue weighted by molar-refractivity contribution is 6.28. The van der Waals surface area contributed by atoms with Crippen molar-refractivity contribution < 1.29 is 0 Å². The summed E-state index contributed by atoms with van der Waals surface area (Å²) in [6.07, 6.45) is 0. The normalized spacial score (nSPS) is 11.4. The lowest BCUT2D eigenvalue weighted by molar-refractivity contribution is 1.07. The van der Waals surface area contributed by atoms with Crippen molar-refractivity contribution in [2.45, 2.75) is 0 Å². The van der Waals surface area contributed by atoms with E-state index in [1.807, 2.05) is 121 Å². The van der Waals surface area contributed by atoms with Gasteiger partial charge in [-0.1, -0.05) is 449 Å². The molecule has 0 aliphatic rings. The molecule has 0 atom stereocenters. The Morgan fingerprint density at radius 3 is 0.610 bits per heavy atom. The Morgan fingerprint density at radius 1 is 0.113 bits per heavy atom. The Bertz CT molecular complexity index is 9260. The maximum absolute atomic E-state index is 5.10. The van der Waals surface area contributed by atoms with Gasteiger partial charge in [0.1, 0.15) is 5.82 Å². The van der Waals surface area contributed by atoms with Crippen LogP contribution >= 0.6 is 0 Å². The van der Waals surface area contributed by atoms with Crippen molar-refractivity contribution in [1.29, 1.82) is 0 Å². The quantitative estimate of drug-likeness (QED) is 0.100. The molecule has 0 saturated carbocycles. The van der Waals surface area contributed by atoms with E-state index in [4.69, 9.17) is 34.9 Å². The Kier molecular flexibility index (Phi) is 21.9. The van der Waals surface area contributed by atoms with E-state index in [1.54, 1.807) is 0 Å². The molecular weight excluding hydrogens is 1710 g/mol. The van der Waals surface area contributed by atoms with Gasteiger partial charge in [0.2, 0.25) is 0 Å². The molecule has 8 nitrogen and oxygen atoms in total. The molecule has 27 aromatic rings. The van der Waals surface area contributed by atoms with Gasteiger partial charge >= 0.3 is 0 Å². The van der Waals surface area contributed by atoms with Crippen LogP contribution in [0.1, 0.15) is 0 Å². The van der Waals surface area contributed by atoms with Gasteiger partial charge in [-0.15, -0.1) is 0 Å². The van der Waals surface area contributed by atoms with E-state index < -0.39 is 0 Å². The van der Waals surface area contributed by atoms with E-state index in [1.165, 1.54) is 141 Å². The monoisotopic (exact) mass is 1790 g/mol. The fourth-order valence-corrected chi connectivity index (χ4v) is 20.3. The van der Waals surface area contributed by atoms with Crippen molar-refractivity contribution in [3.63, 3.8) is 0 Å². The topological polar surface area (TPSA) is 95.2 Å². The number of hydrogen-bond acceptors (Lipinski definition) is 7. The summed E-state index contributed by atoms with van der Waals surface area (Å²) in [6, 6.07) is 184. The standard InChI is InChI=1S/2C45H29N3.C43H28N2/c1-3-13-30(14-4-1)43-46-44(31-15-5-2-6-16-31)48-45(47-43)36-20-12-19-34(28-36)32-17-11-18-33(27-32)35-25-26-41-39-23-8-7-21-37(39)38-22-9-10-24-40(38)42(41)29-35;1-3-12-32(13-4-1)43-46-44(33-14-5-2-6-15-33)48-45(47-43)36-17-11-16-34(28-36)30-22-24-31(25-23-30)35-26-27-41-39-20-8-7-18-37(39)38-19-9-10-21-40(38)42(41)29-35;1-2-16-34(17-3-1)45-42-23-9-8-22-41(42)44-43(45)33-15-11-14-31(27-33)29-12-10-13-30(26-29)32-24-25-39-37-20-5-4-18-35(37)36-19-6-7-21-38(36)40(39)28-32/h2*1-29H;1-28H. The molecule has 3 aromatic heterocycles. The number of aromatic nitrogens is 8. The van der Waals surface area contributed by atoms with E-state index >= 15 is 0 Å². The first-order valence-electron chi connectivity index (χ1n) is 47.8. The SMILES string of the molecule is c1ccc(-c2nc(-c3ccccc3)nc(-c3cccc(-c4ccc(-c5ccc6c7ccccc7c7ccccc7c6c5)cc4)c3)n2)cc1.c1ccc(-c2nc(-c3ccccc3)nc(-c3cccc(-c4cccc(-c5ccc6c7ccccc7c7ccccc7c6c5)c4)c3)n2)cc1.c1ccc(-n2c(-c3cccc(-c4cccc(-c5ccc6c7ccccc7c7ccccc7c6c5)c4)c3)nc3ccccc32)cc1. The summed E-state index contributed by atoms with van der Waals surface area (Å²) in [4.78, 5) is 34.6. The number of fused-ring (bicyclic) bond motifs is 19. The van der Waals surface area contributed by atoms with Crippen LogP contribution < -0.4 is 0 Å². The molecule has 0 radical (unpaired) electrons. The highest BCUT2D eigenvalue weighted by Gasteiger charge is 2.22. The zero-order valence-corrected chi connectivity index (χ0v) is 76.7. The molecule has 0 bridgehead atoms. The van der Waals surface area contributed by atoms with E-state index in [0.717, 1.165) is 83.7 Å². The van der Waals surface area contributed by atoms with Crippen LogP contribution in [-0.4, -0.2) is 39.5 Å². The summed E-state index contributed by atoms with van der Waals surface area (Å²) in [6.45, 7) is 0. The highest BCUT2D eigenvalue weighted by Crippen LogP contribution is 2.45. The smallest absolute Gasteiger partial charge is 0.164 e. The minimum absolute atomic E-state index is 0.648. The van der Waals surface area contributed by atoms with Crippen LogP contribution in [0.4, 0.5) is 0 Å². The van der Waals surface area contributed by atoms with Crippen molar-refractivity contribution in [2.75, 3.05) is 0 Å². The molecule has 0 spiro atoms. The molecule has 141 heavy (non-hydrogen) atoms. The Balaban J connectivity index is 0.000000111. The van der Waals surface area contributed by atoms with Crippen molar-refractivity contribution in [2.24, 2.45) is 0 Å². The molecule has 0 amide bonds. The third-order valence-corrected chi connectivity index (χ3v) is 27.2. The second kappa shape index (κ2) is 36.7. The van der Waals surface area contributed by atoms with Gasteiger partial charge in [-0.3, -0.25) is 4.57 Å². The Labute approximate surface area is 815 Å². The van der Waals surface area contributed by atoms with Crippen LogP contribution in [0, 0.1) is 0 Å². The largest absolute Gasteiger partial charge is 0.292 e. The number of imidazole rings is 1. The predicted molar refractivity (Wildman–Crippen MR) is 589 cm³/mol. The zero-order chi connectivity index (χ0) is 93.5. The number of nitrogens with zero attached hydrogens (tertiary/aromatic N) is 8. The van der Waals surface area contributed by atoms with E-state index in [0.29, 0.717) is 34.9 Å². The van der Waals surface area contributed by atoms with Gasteiger partial charge in [0.15, 0.2) is 34.9 Å². The molecule has 0 aliphatic heterocycles. The summed E-state index contributed by atoms with van der Waals surface area (Å²) in [5, 5.41) is 23.2. The van der Waals surface area contributed by atoms with E-state index in [-0.39, 0.29) is 0 Å². The van der Waals surface area contributed by atoms with Crippen LogP contribution in [-0.2, 0) is 0 Å². The van der Waals surface area contributed by atoms with Gasteiger partial charge in [0, 0.05) is 44.6 Å². The van der Waals surface area contributed by atoms with Crippen LogP contribution in [0.25, 0.3) is 260 Å². The summed E-state index contributed by atoms with van der Waals surface area (Å²) < 4.78 is 2.26. The molecule has 0 fully saturated rings. The maximum atomic E-state index is 5.10. The summed E-state index contributed by atoms with van der Waals surface area (Å²) in [5.41, 5.74) is 24.0. The summed E-state index contributed by atoms with van der Waals surface area (Å²) in [5.74, 6) is 4.86. The lowest BCUT2D eigenvalue weighted by Gasteiger charge is -2.13. The highest BCUT2D eigenvalue weighted by atomic mass is 15.1. The first kappa shape index (κ1) is 83.9. The van der Waals surface area contributed by atoms with E-state index in [2.05, 4.69) is 405 Å². The molecule has 0 unspecified atom stereocenters. The molecular formula is C133H86N8. The molecule has 658 valence electrons. The van der Waals surface area contributed by atoms with Crippen LogP contribution in [0.5, 0.6) is 0 Å². The summed E-state index contributed by atoms with van der Waals surface area (Å²) in [7, 11) is 0. The number of rotatable bonds is 14. The van der Waals surface area contributed by atoms with Crippen LogP contribution in [0.3, 0.4) is 0 Å². The van der Waals surface area contributed by atoms with Crippen molar-refractivity contribution in [3.8, 4) is 152 Å². The molecule has 8 heteroatoms. The van der Waals surface area contributed by atoms with Gasteiger partial charge in [-0.2, -0.15) is 0 Å². The molecule has 27 rings (SSSR count). The third-order valence-electron chi connectivity index (χ3n) is 27.2. The van der Waals surface area contributed by atoms with Crippen LogP contribution in [0.2, 0.25) is 0 Å². The van der Waals surface area contributed by atoms with Crippen molar-refractivity contribution in [3.05, 3.63) is 522 Å². The Morgan fingerprint density at radius 2 is 0.305 bits per heavy atom. The minimum atomic E-state index is 0.648. The van der Waals surface area contributed by atoms with Gasteiger partial charge in [-0.25, -0.2) is 34.9 Å². The average Bonchev–Trinajstić information content (AvgIpc) is 1.53. The number of para-hydroxylation sites is 3. The second-order valence-electron chi connectivity index (χ2n) is 35.7. The first-order valence-corrected chi connectivity index (χ1v) is 47.8. The first-order chi connectivity index (χ1) is 69.9. The molecule has 0 N–H and O–H groups in total. The zero-order valence-electron chi connectivity index (χ0n) is 76.7. The van der Waals surface area contributed by atoms with Gasteiger partial charge in [-0.05, 0) is 237 Å². The Hall–Kier alpha value is -18.9. The second-order valence-corrected chi connectivity index (χ2v) is 35.7. The molecule has 0 aliphatic carbocycles. The van der Waals surface area contributed by atoms with E-state index in [9.17, 15) is 0 Å². The van der Waals surface area contributed by atoms with Gasteiger partial charge < -0.3 is 0 Å². The molecule has 0 saturated heterocycles. The lowest BCUT2D eigenvalue weighted by Crippen LogP contribution is -2.00. The fourth-order valence-electron chi connectivity index (χ4n) is 20.3. The third kappa shape index (κ3) is 16.3. The van der Waals surface area contributed by atoms with Crippen molar-refractivity contribution in [1.82, 2.24) is 39.5 Å². The van der Waals surface area contributed by atoms with Crippen LogP contribution in [0.15, 0.2) is 522 Å². The fraction of sp³-hybridized carbons (Fsp3) is 0. The number of hydrogen-bond donors (Lipinski definition) is 0. The summed E-state index contributed by atoms with van der Waals surface area (Å²) >= 11 is 0. The average molecular weight is 1800 g/mol. The number of benzene rings is 24. The minimum Gasteiger partial charge on any atom is -0.292 e. The maximum Gasteiger partial charge on any atom is 0.164 e. The van der Waals surface area contributed by atoms with Gasteiger partial charge in [0.25, 0.3) is 0 Å².